The average molecular weight is 253 g/mol. The second-order valence-corrected chi connectivity index (χ2v) is 4.57. The lowest BCUT2D eigenvalue weighted by molar-refractivity contribution is 0.158. The summed E-state index contributed by atoms with van der Waals surface area (Å²) in [6.45, 7) is 4.15. The van der Waals surface area contributed by atoms with Gasteiger partial charge in [-0.15, -0.1) is 0 Å². The molecule has 1 nitrogen and oxygen atoms in total. The van der Waals surface area contributed by atoms with Crippen molar-refractivity contribution >= 4 is 21.5 Å². The molecule has 0 unspecified atom stereocenters. The second-order valence-electron chi connectivity index (χ2n) is 4.00. The van der Waals surface area contributed by atoms with Gasteiger partial charge in [-0.05, 0) is 31.6 Å². The zero-order valence-electron chi connectivity index (χ0n) is 8.38. The molecule has 0 atom stereocenters. The molecule has 0 aliphatic carbocycles. The molecule has 0 saturated carbocycles. The third kappa shape index (κ3) is 1.71. The number of para-hydroxylation sites is 1. The molecule has 0 aromatic heterocycles. The first kappa shape index (κ1) is 9.78. The van der Waals surface area contributed by atoms with Crippen LogP contribution in [0.5, 0.6) is 5.75 Å². The van der Waals surface area contributed by atoms with Crippen molar-refractivity contribution in [1.29, 1.82) is 0 Å². The van der Waals surface area contributed by atoms with Gasteiger partial charge in [0.05, 0.1) is 0 Å². The van der Waals surface area contributed by atoms with Crippen LogP contribution in [-0.4, -0.2) is 10.9 Å². The Labute approximate surface area is 92.9 Å². The largest absolute Gasteiger partial charge is 0.483 e. The molecular formula is C12H13BrO. The third-order valence-electron chi connectivity index (χ3n) is 2.27. The lowest BCUT2D eigenvalue weighted by Crippen LogP contribution is -2.29. The number of alkyl halides is 1. The third-order valence-corrected chi connectivity index (χ3v) is 2.88. The lowest BCUT2D eigenvalue weighted by Gasteiger charge is -2.30. The number of benzene rings is 1. The number of hydrogen-bond donors (Lipinski definition) is 0. The fourth-order valence-corrected chi connectivity index (χ4v) is 2.21. The first-order chi connectivity index (χ1) is 6.62. The van der Waals surface area contributed by atoms with Crippen molar-refractivity contribution in [2.45, 2.75) is 19.4 Å². The molecule has 74 valence electrons. The molecule has 2 rings (SSSR count). The van der Waals surface area contributed by atoms with Gasteiger partial charge < -0.3 is 4.74 Å². The number of fused-ring (bicyclic) bond motifs is 1. The Balaban J connectivity index is 2.53. The molecule has 0 radical (unpaired) electrons. The summed E-state index contributed by atoms with van der Waals surface area (Å²) in [5.74, 6) is 0.981. The molecule has 1 aromatic carbocycles. The summed E-state index contributed by atoms with van der Waals surface area (Å²) < 4.78 is 5.85. The van der Waals surface area contributed by atoms with Crippen molar-refractivity contribution in [1.82, 2.24) is 0 Å². The zero-order valence-corrected chi connectivity index (χ0v) is 9.97. The predicted molar refractivity (Wildman–Crippen MR) is 62.9 cm³/mol. The highest BCUT2D eigenvalue weighted by Crippen LogP contribution is 2.36. The maximum Gasteiger partial charge on any atom is 0.128 e. The van der Waals surface area contributed by atoms with E-state index in [0.29, 0.717) is 0 Å². The quantitative estimate of drug-likeness (QED) is 0.694. The minimum Gasteiger partial charge on any atom is -0.483 e. The van der Waals surface area contributed by atoms with Gasteiger partial charge in [0.25, 0.3) is 0 Å². The fourth-order valence-electron chi connectivity index (χ4n) is 1.74. The van der Waals surface area contributed by atoms with Crippen molar-refractivity contribution in [2.75, 3.05) is 5.33 Å². The van der Waals surface area contributed by atoms with Crippen LogP contribution in [0.3, 0.4) is 0 Å². The predicted octanol–water partition coefficient (Wildman–Crippen LogP) is 3.64. The first-order valence-electron chi connectivity index (χ1n) is 4.68. The average Bonchev–Trinajstić information content (AvgIpc) is 2.15. The van der Waals surface area contributed by atoms with E-state index in [-0.39, 0.29) is 5.60 Å². The van der Waals surface area contributed by atoms with Gasteiger partial charge in [0.1, 0.15) is 11.4 Å². The van der Waals surface area contributed by atoms with Crippen LogP contribution >= 0.6 is 15.9 Å². The van der Waals surface area contributed by atoms with Crippen molar-refractivity contribution in [2.24, 2.45) is 0 Å². The molecule has 1 heterocycles. The minimum absolute atomic E-state index is 0.197. The summed E-state index contributed by atoms with van der Waals surface area (Å²) in [5, 5.41) is 0.872. The smallest absolute Gasteiger partial charge is 0.128 e. The van der Waals surface area contributed by atoms with Crippen LogP contribution in [0.25, 0.3) is 5.57 Å². The lowest BCUT2D eigenvalue weighted by atomic mass is 9.96. The molecule has 14 heavy (non-hydrogen) atoms. The summed E-state index contributed by atoms with van der Waals surface area (Å²) in [6.07, 6.45) is 2.17. The molecule has 1 aliphatic rings. The van der Waals surface area contributed by atoms with Crippen LogP contribution in [0.4, 0.5) is 0 Å². The molecule has 2 heteroatoms. The van der Waals surface area contributed by atoms with Crippen molar-refractivity contribution < 1.29 is 4.74 Å². The van der Waals surface area contributed by atoms with Gasteiger partial charge in [0.15, 0.2) is 0 Å². The summed E-state index contributed by atoms with van der Waals surface area (Å²) in [6, 6.07) is 8.16. The number of allylic oxidation sites excluding steroid dienone is 1. The van der Waals surface area contributed by atoms with Crippen LogP contribution in [-0.2, 0) is 0 Å². The van der Waals surface area contributed by atoms with Gasteiger partial charge in [0, 0.05) is 10.9 Å². The van der Waals surface area contributed by atoms with Gasteiger partial charge in [-0.25, -0.2) is 0 Å². The number of ether oxygens (including phenoxy) is 1. The van der Waals surface area contributed by atoms with Gasteiger partial charge in [-0.2, -0.15) is 0 Å². The van der Waals surface area contributed by atoms with E-state index in [9.17, 15) is 0 Å². The molecule has 0 N–H and O–H groups in total. The Kier molecular flexibility index (Phi) is 2.40. The van der Waals surface area contributed by atoms with Gasteiger partial charge in [0.2, 0.25) is 0 Å². The minimum atomic E-state index is -0.197. The van der Waals surface area contributed by atoms with E-state index in [2.05, 4.69) is 41.9 Å². The summed E-state index contributed by atoms with van der Waals surface area (Å²) in [4.78, 5) is 0. The highest BCUT2D eigenvalue weighted by atomic mass is 79.9. The Bertz CT molecular complexity index is 380. The van der Waals surface area contributed by atoms with Crippen molar-refractivity contribution in [3.05, 3.63) is 35.9 Å². The standard InChI is InChI=1S/C12H13BrO/c1-12(2)7-9(8-13)10-5-3-4-6-11(10)14-12/h3-7H,8H2,1-2H3. The van der Waals surface area contributed by atoms with Crippen LogP contribution in [0.15, 0.2) is 30.3 Å². The molecular weight excluding hydrogens is 240 g/mol. The number of rotatable bonds is 1. The first-order valence-corrected chi connectivity index (χ1v) is 5.81. The summed E-state index contributed by atoms with van der Waals surface area (Å²) in [5.41, 5.74) is 2.30. The number of halogens is 1. The topological polar surface area (TPSA) is 9.23 Å². The van der Waals surface area contributed by atoms with E-state index < -0.39 is 0 Å². The van der Waals surface area contributed by atoms with E-state index in [4.69, 9.17) is 4.74 Å². The highest BCUT2D eigenvalue weighted by Gasteiger charge is 2.25. The highest BCUT2D eigenvalue weighted by molar-refractivity contribution is 9.09. The Morgan fingerprint density at radius 3 is 2.71 bits per heavy atom. The molecule has 0 spiro atoms. The molecule has 0 fully saturated rings. The fraction of sp³-hybridized carbons (Fsp3) is 0.333. The van der Waals surface area contributed by atoms with Crippen molar-refractivity contribution in [3.8, 4) is 5.75 Å². The number of hydrogen-bond acceptors (Lipinski definition) is 1. The summed E-state index contributed by atoms with van der Waals surface area (Å²) >= 11 is 3.51. The molecule has 1 aromatic rings. The van der Waals surface area contributed by atoms with Crippen molar-refractivity contribution in [3.63, 3.8) is 0 Å². The van der Waals surface area contributed by atoms with Crippen LogP contribution < -0.4 is 4.74 Å². The Morgan fingerprint density at radius 1 is 1.29 bits per heavy atom. The molecule has 0 saturated heterocycles. The molecule has 1 aliphatic heterocycles. The van der Waals surface area contributed by atoms with Crippen LogP contribution in [0.1, 0.15) is 19.4 Å². The SMILES string of the molecule is CC1(C)C=C(CBr)c2ccccc2O1. The van der Waals surface area contributed by atoms with Gasteiger partial charge >= 0.3 is 0 Å². The van der Waals surface area contributed by atoms with Crippen LogP contribution in [0, 0.1) is 0 Å². The van der Waals surface area contributed by atoms with E-state index in [1.54, 1.807) is 0 Å². The van der Waals surface area contributed by atoms with E-state index in [1.165, 1.54) is 11.1 Å². The van der Waals surface area contributed by atoms with E-state index in [0.717, 1.165) is 11.1 Å². The molecule has 0 bridgehead atoms. The maximum atomic E-state index is 5.85. The van der Waals surface area contributed by atoms with Gasteiger partial charge in [-0.1, -0.05) is 34.1 Å². The second kappa shape index (κ2) is 3.43. The normalized spacial score (nSPS) is 18.1. The molecule has 0 amide bonds. The van der Waals surface area contributed by atoms with E-state index >= 15 is 0 Å². The zero-order chi connectivity index (χ0) is 10.2. The Morgan fingerprint density at radius 2 is 2.00 bits per heavy atom. The van der Waals surface area contributed by atoms with Crippen LogP contribution in [0.2, 0.25) is 0 Å². The maximum absolute atomic E-state index is 5.85. The van der Waals surface area contributed by atoms with Gasteiger partial charge in [-0.3, -0.25) is 0 Å². The Hall–Kier alpha value is -0.760. The monoisotopic (exact) mass is 252 g/mol. The summed E-state index contributed by atoms with van der Waals surface area (Å²) in [7, 11) is 0. The van der Waals surface area contributed by atoms with E-state index in [1.807, 2.05) is 18.2 Å².